The topological polar surface area (TPSA) is 63.8 Å². The van der Waals surface area contributed by atoms with Crippen molar-refractivity contribution >= 4 is 39.1 Å². The lowest BCUT2D eigenvalue weighted by Crippen LogP contribution is -2.03. The van der Waals surface area contributed by atoms with Crippen molar-refractivity contribution in [3.63, 3.8) is 0 Å². The van der Waals surface area contributed by atoms with Gasteiger partial charge in [0.1, 0.15) is 11.4 Å². The highest BCUT2D eigenvalue weighted by Crippen LogP contribution is 2.33. The van der Waals surface area contributed by atoms with Crippen LogP contribution in [0.2, 0.25) is 5.02 Å². The Morgan fingerprint density at radius 1 is 1.33 bits per heavy atom. The molecule has 3 rings (SSSR count). The molecule has 0 saturated carbocycles. The fourth-order valence-electron chi connectivity index (χ4n) is 1.90. The van der Waals surface area contributed by atoms with Gasteiger partial charge in [-0.05, 0) is 30.3 Å². The van der Waals surface area contributed by atoms with Crippen molar-refractivity contribution < 1.29 is 14.6 Å². The van der Waals surface area contributed by atoms with Gasteiger partial charge in [0, 0.05) is 10.7 Å². The Labute approximate surface area is 132 Å². The molecule has 0 spiro atoms. The van der Waals surface area contributed by atoms with Crippen LogP contribution in [0.4, 0.5) is 0 Å². The van der Waals surface area contributed by atoms with Gasteiger partial charge in [-0.2, -0.15) is 4.98 Å². The maximum atomic E-state index is 11.5. The van der Waals surface area contributed by atoms with Gasteiger partial charge in [-0.15, -0.1) is 0 Å². The van der Waals surface area contributed by atoms with Gasteiger partial charge in [0.05, 0.1) is 5.02 Å². The molecule has 7 heteroatoms. The van der Waals surface area contributed by atoms with Crippen LogP contribution in [0.25, 0.3) is 5.65 Å². The molecule has 1 aromatic carbocycles. The van der Waals surface area contributed by atoms with E-state index in [1.165, 1.54) is 4.40 Å². The summed E-state index contributed by atoms with van der Waals surface area (Å²) in [7, 11) is 0. The fourth-order valence-corrected chi connectivity index (χ4v) is 2.40. The molecule has 2 heterocycles. The minimum Gasteiger partial charge on any atom is -0.476 e. The Hall–Kier alpha value is -2.05. The first-order valence-corrected chi connectivity index (χ1v) is 7.06. The number of carboxylic acid groups (broad SMARTS) is 1. The molecule has 0 atom stereocenters. The first-order chi connectivity index (χ1) is 10.1. The third-order valence-corrected chi connectivity index (χ3v) is 3.61. The number of carboxylic acids is 1. The van der Waals surface area contributed by atoms with Crippen LogP contribution in [0, 0.1) is 0 Å². The lowest BCUT2D eigenvalue weighted by Gasteiger charge is -2.06. The Kier molecular flexibility index (Phi) is 3.57. The summed E-state index contributed by atoms with van der Waals surface area (Å²) in [5.41, 5.74) is 0.428. The van der Waals surface area contributed by atoms with Crippen LogP contribution in [0.5, 0.6) is 11.6 Å². The number of aromatic carboxylic acids is 1. The number of carbonyl (C=O) groups is 1. The molecule has 1 N–H and O–H groups in total. The number of aromatic nitrogens is 2. The van der Waals surface area contributed by atoms with Crippen LogP contribution in [-0.2, 0) is 0 Å². The van der Waals surface area contributed by atoms with Crippen molar-refractivity contribution in [1.82, 2.24) is 9.38 Å². The lowest BCUT2D eigenvalue weighted by atomic mass is 10.3. The van der Waals surface area contributed by atoms with E-state index >= 15 is 0 Å². The highest BCUT2D eigenvalue weighted by molar-refractivity contribution is 9.10. The van der Waals surface area contributed by atoms with E-state index in [4.69, 9.17) is 16.3 Å². The Balaban J connectivity index is 2.14. The minimum absolute atomic E-state index is 0.00583. The van der Waals surface area contributed by atoms with E-state index in [0.717, 1.165) is 4.47 Å². The van der Waals surface area contributed by atoms with Crippen molar-refractivity contribution in [2.75, 3.05) is 0 Å². The molecule has 0 bridgehead atoms. The summed E-state index contributed by atoms with van der Waals surface area (Å²) in [6.07, 6.45) is 1.61. The summed E-state index contributed by atoms with van der Waals surface area (Å²) in [5.74, 6) is -0.805. The second-order valence-corrected chi connectivity index (χ2v) is 5.50. The summed E-state index contributed by atoms with van der Waals surface area (Å²) in [6, 6.07) is 10.2. The zero-order valence-electron chi connectivity index (χ0n) is 10.5. The number of rotatable bonds is 3. The van der Waals surface area contributed by atoms with E-state index in [2.05, 4.69) is 20.9 Å². The first-order valence-electron chi connectivity index (χ1n) is 5.89. The van der Waals surface area contributed by atoms with Crippen molar-refractivity contribution in [2.45, 2.75) is 0 Å². The van der Waals surface area contributed by atoms with E-state index in [9.17, 15) is 9.90 Å². The molecule has 5 nitrogen and oxygen atoms in total. The Bertz CT molecular complexity index is 847. The van der Waals surface area contributed by atoms with Crippen molar-refractivity contribution in [1.29, 1.82) is 0 Å². The van der Waals surface area contributed by atoms with Crippen LogP contribution in [0.1, 0.15) is 10.5 Å². The molecule has 0 unspecified atom stereocenters. The summed E-state index contributed by atoms with van der Waals surface area (Å²) in [6.45, 7) is 0. The average Bonchev–Trinajstić information content (AvgIpc) is 2.80. The van der Waals surface area contributed by atoms with E-state index in [-0.39, 0.29) is 11.6 Å². The van der Waals surface area contributed by atoms with Gasteiger partial charge in [-0.25, -0.2) is 4.79 Å². The fraction of sp³-hybridized carbons (Fsp3) is 0. The molecule has 0 radical (unpaired) electrons. The summed E-state index contributed by atoms with van der Waals surface area (Å²) in [4.78, 5) is 15.6. The second kappa shape index (κ2) is 5.38. The van der Waals surface area contributed by atoms with Gasteiger partial charge < -0.3 is 9.84 Å². The Morgan fingerprint density at radius 2 is 2.14 bits per heavy atom. The zero-order valence-corrected chi connectivity index (χ0v) is 12.8. The molecule has 2 aromatic heterocycles. The van der Waals surface area contributed by atoms with Gasteiger partial charge in [0.2, 0.25) is 0 Å². The van der Waals surface area contributed by atoms with E-state index in [0.29, 0.717) is 16.4 Å². The van der Waals surface area contributed by atoms with Gasteiger partial charge in [-0.3, -0.25) is 4.40 Å². The highest BCUT2D eigenvalue weighted by atomic mass is 79.9. The van der Waals surface area contributed by atoms with Crippen LogP contribution >= 0.6 is 27.5 Å². The smallest absolute Gasteiger partial charge is 0.358 e. The average molecular weight is 368 g/mol. The lowest BCUT2D eigenvalue weighted by molar-refractivity contribution is 0.0686. The quantitative estimate of drug-likeness (QED) is 0.752. The number of benzene rings is 1. The second-order valence-electron chi connectivity index (χ2n) is 4.18. The largest absolute Gasteiger partial charge is 0.476 e. The molecule has 3 aromatic rings. The van der Waals surface area contributed by atoms with Crippen LogP contribution < -0.4 is 4.74 Å². The number of imidazole rings is 1. The molecule has 0 fully saturated rings. The number of hydrogen-bond acceptors (Lipinski definition) is 3. The summed E-state index contributed by atoms with van der Waals surface area (Å²) in [5, 5.41) is 9.74. The van der Waals surface area contributed by atoms with E-state index < -0.39 is 5.97 Å². The maximum absolute atomic E-state index is 11.5. The number of ether oxygens (including phenoxy) is 1. The first kappa shape index (κ1) is 13.9. The van der Waals surface area contributed by atoms with Crippen LogP contribution in [0.3, 0.4) is 0 Å². The number of hydrogen-bond donors (Lipinski definition) is 1. The van der Waals surface area contributed by atoms with Gasteiger partial charge in [-0.1, -0.05) is 33.6 Å². The molecule has 21 heavy (non-hydrogen) atoms. The van der Waals surface area contributed by atoms with Crippen molar-refractivity contribution in [3.8, 4) is 11.6 Å². The van der Waals surface area contributed by atoms with Crippen molar-refractivity contribution in [3.05, 3.63) is 57.8 Å². The third-order valence-electron chi connectivity index (χ3n) is 2.80. The van der Waals surface area contributed by atoms with Gasteiger partial charge in [0.25, 0.3) is 5.88 Å². The summed E-state index contributed by atoms with van der Waals surface area (Å²) >= 11 is 9.36. The number of pyridine rings is 1. The number of halogens is 2. The van der Waals surface area contributed by atoms with E-state index in [1.54, 1.807) is 42.6 Å². The molecule has 0 aliphatic heterocycles. The highest BCUT2D eigenvalue weighted by Gasteiger charge is 2.21. The predicted octanol–water partition coefficient (Wildman–Crippen LogP) is 4.24. The SMILES string of the molecule is O=C(O)c1c(Oc2cc(Br)ccc2Cl)nc2ccccn12. The maximum Gasteiger partial charge on any atom is 0.358 e. The molecule has 0 aliphatic rings. The van der Waals surface area contributed by atoms with Gasteiger partial charge in [0.15, 0.2) is 5.69 Å². The molecular formula is C14H8BrClN2O3. The number of nitrogens with zero attached hydrogens (tertiary/aromatic N) is 2. The summed E-state index contributed by atoms with van der Waals surface area (Å²) < 4.78 is 7.81. The minimum atomic E-state index is -1.13. The molecule has 0 saturated heterocycles. The molecule has 0 amide bonds. The third kappa shape index (κ3) is 2.59. The number of fused-ring (bicyclic) bond motifs is 1. The monoisotopic (exact) mass is 366 g/mol. The molecular weight excluding hydrogens is 360 g/mol. The molecule has 0 aliphatic carbocycles. The van der Waals surface area contributed by atoms with Crippen LogP contribution in [0.15, 0.2) is 47.1 Å². The van der Waals surface area contributed by atoms with Crippen molar-refractivity contribution in [2.24, 2.45) is 0 Å². The standard InChI is InChI=1S/C14H8BrClN2O3/c15-8-4-5-9(16)10(7-8)21-13-12(14(19)20)18-6-2-1-3-11(18)17-13/h1-7H,(H,19,20). The Morgan fingerprint density at radius 3 is 2.90 bits per heavy atom. The zero-order chi connectivity index (χ0) is 15.0. The molecule has 106 valence electrons. The normalized spacial score (nSPS) is 10.8. The van der Waals surface area contributed by atoms with Crippen LogP contribution in [-0.4, -0.2) is 20.5 Å². The predicted molar refractivity (Wildman–Crippen MR) is 81.4 cm³/mol. The van der Waals surface area contributed by atoms with E-state index in [1.807, 2.05) is 0 Å². The van der Waals surface area contributed by atoms with Gasteiger partial charge >= 0.3 is 5.97 Å².